The number of ether oxygens (including phenoxy) is 3. The van der Waals surface area contributed by atoms with E-state index < -0.39 is 51.5 Å². The fraction of sp³-hybridized carbons (Fsp3) is 0.676. The number of fused-ring (bicyclic) bond motifs is 5. The van der Waals surface area contributed by atoms with E-state index in [4.69, 9.17) is 14.2 Å². The quantitative estimate of drug-likeness (QED) is 0.271. The third kappa shape index (κ3) is 2.44. The Morgan fingerprint density at radius 1 is 1.07 bits per heavy atom. The van der Waals surface area contributed by atoms with Crippen LogP contribution in [0, 0.1) is 23.2 Å². The minimum atomic E-state index is -1.21. The molecule has 1 spiro atoms. The molecule has 0 radical (unpaired) electrons. The molecule has 8 aliphatic rings. The lowest BCUT2D eigenvalue weighted by molar-refractivity contribution is -0.281. The first-order valence-electron chi connectivity index (χ1n) is 16.8. The van der Waals surface area contributed by atoms with Gasteiger partial charge in [-0.05, 0) is 82.1 Å². The molecule has 10 rings (SSSR count). The highest BCUT2D eigenvalue weighted by Crippen LogP contribution is 2.78. The fourth-order valence-corrected chi connectivity index (χ4v) is 12.9. The van der Waals surface area contributed by atoms with Crippen LogP contribution >= 0.6 is 0 Å². The predicted octanol–water partition coefficient (Wildman–Crippen LogP) is 5.01. The lowest BCUT2D eigenvalue weighted by atomic mass is 9.40. The van der Waals surface area contributed by atoms with Crippen molar-refractivity contribution in [2.24, 2.45) is 23.2 Å². The first-order chi connectivity index (χ1) is 20.7. The first kappa shape index (κ1) is 27.1. The van der Waals surface area contributed by atoms with Crippen LogP contribution in [0.5, 0.6) is 0 Å². The van der Waals surface area contributed by atoms with Crippen molar-refractivity contribution in [2.75, 3.05) is 0 Å². The Bertz CT molecular complexity index is 1740. The second kappa shape index (κ2) is 7.42. The molecule has 7 heteroatoms. The molecule has 0 amide bonds. The number of aliphatic hydroxyl groups excluding tert-OH is 1. The van der Waals surface area contributed by atoms with E-state index in [0.29, 0.717) is 6.42 Å². The molecule has 2 saturated heterocycles. The Morgan fingerprint density at radius 3 is 2.59 bits per heavy atom. The number of epoxide rings is 1. The van der Waals surface area contributed by atoms with Gasteiger partial charge in [-0.3, -0.25) is 0 Å². The number of H-pyrrole nitrogens is 1. The molecule has 3 aliphatic heterocycles. The van der Waals surface area contributed by atoms with Gasteiger partial charge < -0.3 is 34.5 Å². The van der Waals surface area contributed by atoms with E-state index in [1.54, 1.807) is 0 Å². The molecular formula is C37H45NO6. The third-order valence-electron chi connectivity index (χ3n) is 15.1. The summed E-state index contributed by atoms with van der Waals surface area (Å²) < 4.78 is 20.4. The monoisotopic (exact) mass is 599 g/mol. The summed E-state index contributed by atoms with van der Waals surface area (Å²) in [5.74, 6) is 0.140. The maximum Gasteiger partial charge on any atom is 0.153 e. The fourth-order valence-electron chi connectivity index (χ4n) is 12.9. The maximum atomic E-state index is 13.2. The Balaban J connectivity index is 1.20. The zero-order valence-corrected chi connectivity index (χ0v) is 26.5. The lowest BCUT2D eigenvalue weighted by Gasteiger charge is -2.66. The molecule has 5 fully saturated rings. The summed E-state index contributed by atoms with van der Waals surface area (Å²) >= 11 is 0. The molecule has 0 unspecified atom stereocenters. The highest BCUT2D eigenvalue weighted by molar-refractivity contribution is 5.93. The minimum Gasteiger partial charge on any atom is -0.387 e. The summed E-state index contributed by atoms with van der Waals surface area (Å²) in [5, 5.41) is 38.4. The van der Waals surface area contributed by atoms with Crippen LogP contribution in [-0.4, -0.2) is 61.5 Å². The van der Waals surface area contributed by atoms with E-state index in [0.717, 1.165) is 65.4 Å². The molecule has 234 valence electrons. The van der Waals surface area contributed by atoms with Crippen molar-refractivity contribution in [3.63, 3.8) is 0 Å². The van der Waals surface area contributed by atoms with Crippen molar-refractivity contribution < 1.29 is 29.5 Å². The van der Waals surface area contributed by atoms with Gasteiger partial charge in [0, 0.05) is 50.7 Å². The van der Waals surface area contributed by atoms with Crippen LogP contribution in [0.3, 0.4) is 0 Å². The van der Waals surface area contributed by atoms with E-state index >= 15 is 0 Å². The Kier molecular flexibility index (Phi) is 4.58. The molecule has 0 bridgehead atoms. The van der Waals surface area contributed by atoms with Gasteiger partial charge in [0.15, 0.2) is 5.60 Å². The van der Waals surface area contributed by atoms with Gasteiger partial charge in [0.05, 0.1) is 17.8 Å². The van der Waals surface area contributed by atoms with Crippen LogP contribution in [0.25, 0.3) is 10.9 Å². The molecule has 44 heavy (non-hydrogen) atoms. The highest BCUT2D eigenvalue weighted by atomic mass is 16.7. The van der Waals surface area contributed by atoms with Gasteiger partial charge in [-0.2, -0.15) is 0 Å². The minimum absolute atomic E-state index is 0.0343. The van der Waals surface area contributed by atoms with E-state index in [1.807, 2.05) is 6.92 Å². The zero-order valence-electron chi connectivity index (χ0n) is 26.5. The van der Waals surface area contributed by atoms with Gasteiger partial charge in [-0.15, -0.1) is 0 Å². The number of aromatic amines is 1. The molecular weight excluding hydrogens is 554 g/mol. The average molecular weight is 600 g/mol. The summed E-state index contributed by atoms with van der Waals surface area (Å²) in [6.45, 7) is 19.3. The van der Waals surface area contributed by atoms with Crippen molar-refractivity contribution >= 4 is 10.9 Å². The zero-order chi connectivity index (χ0) is 30.7. The van der Waals surface area contributed by atoms with E-state index in [2.05, 4.69) is 58.0 Å². The summed E-state index contributed by atoms with van der Waals surface area (Å²) in [5.41, 5.74) is 2.76. The summed E-state index contributed by atoms with van der Waals surface area (Å²) in [6.07, 6.45) is 2.22. The molecule has 13 atom stereocenters. The van der Waals surface area contributed by atoms with Crippen LogP contribution in [-0.2, 0) is 31.6 Å². The van der Waals surface area contributed by atoms with Crippen LogP contribution in [0.1, 0.15) is 95.2 Å². The number of aromatic nitrogens is 1. The van der Waals surface area contributed by atoms with Crippen LogP contribution in [0.2, 0.25) is 0 Å². The van der Waals surface area contributed by atoms with Crippen LogP contribution in [0.4, 0.5) is 0 Å². The van der Waals surface area contributed by atoms with Gasteiger partial charge in [-0.25, -0.2) is 0 Å². The first-order valence-corrected chi connectivity index (χ1v) is 16.8. The molecule has 1 aromatic carbocycles. The molecule has 2 aromatic rings. The average Bonchev–Trinajstić information content (AvgIpc) is 3.53. The second-order valence-electron chi connectivity index (χ2n) is 16.9. The topological polar surface area (TPSA) is 107 Å². The molecule has 7 nitrogen and oxygen atoms in total. The summed E-state index contributed by atoms with van der Waals surface area (Å²) in [7, 11) is 0. The van der Waals surface area contributed by atoms with E-state index in [9.17, 15) is 15.3 Å². The Morgan fingerprint density at radius 2 is 1.84 bits per heavy atom. The number of aliphatic hydroxyl groups is 3. The van der Waals surface area contributed by atoms with Crippen LogP contribution < -0.4 is 0 Å². The lowest BCUT2D eigenvalue weighted by Crippen LogP contribution is -2.76. The van der Waals surface area contributed by atoms with Crippen molar-refractivity contribution in [1.29, 1.82) is 0 Å². The Hall–Kier alpha value is -2.00. The number of nitrogens with one attached hydrogen (secondary N) is 1. The standard InChI is InChI=1S/C37H45NO6/c1-16(2)28-27(39)31-37(44-31)23(42-28)11-12-33(6)34(7)19(10-13-35(33,37)40)29-25-24-21(38-30(25)34)9-8-18-14-17(3)20-15-22(32(4,5)43-29)36(20,41)26(18)24/h8-9,19-20,22-23,27-29,31,38-41H,1,3,10-15H2,2,4-7H3/t19-,20+,22+,23-,27-,28+,29-,31+,33+,34+,35-,36+,37-/m0/s1. The van der Waals surface area contributed by atoms with Crippen molar-refractivity contribution in [3.8, 4) is 0 Å². The summed E-state index contributed by atoms with van der Waals surface area (Å²) in [4.78, 5) is 3.91. The largest absolute Gasteiger partial charge is 0.387 e. The maximum absolute atomic E-state index is 13.2. The SMILES string of the molecule is C=C(C)[C@H]1O[C@H]2CC[C@@]3(C)[C@@](O)(CC[C@H]4[C@@H]5OC(C)(C)[C@H]6C[C@@H]7C(=C)Cc8ccc9[nH]c(c5c9c8[C@@]76O)[C@@]43C)[C@]23O[C@@H]3[C@H]1O. The van der Waals surface area contributed by atoms with Crippen molar-refractivity contribution in [1.82, 2.24) is 4.98 Å². The normalized spacial score (nSPS) is 53.4. The molecule has 4 N–H and O–H groups in total. The van der Waals surface area contributed by atoms with Gasteiger partial charge in [-0.1, -0.05) is 38.6 Å². The van der Waals surface area contributed by atoms with Gasteiger partial charge >= 0.3 is 0 Å². The summed E-state index contributed by atoms with van der Waals surface area (Å²) in [6, 6.07) is 4.36. The van der Waals surface area contributed by atoms with Gasteiger partial charge in [0.2, 0.25) is 0 Å². The highest BCUT2D eigenvalue weighted by Gasteiger charge is 2.87. The van der Waals surface area contributed by atoms with Crippen molar-refractivity contribution in [2.45, 2.75) is 131 Å². The predicted molar refractivity (Wildman–Crippen MR) is 164 cm³/mol. The van der Waals surface area contributed by atoms with Gasteiger partial charge in [0.1, 0.15) is 29.5 Å². The van der Waals surface area contributed by atoms with E-state index in [1.165, 1.54) is 11.1 Å². The smallest absolute Gasteiger partial charge is 0.153 e. The Labute approximate surface area is 258 Å². The van der Waals surface area contributed by atoms with Crippen LogP contribution in [0.15, 0.2) is 36.4 Å². The third-order valence-corrected chi connectivity index (χ3v) is 15.1. The molecule has 5 aliphatic carbocycles. The molecule has 3 saturated carbocycles. The number of rotatable bonds is 1. The molecule has 4 heterocycles. The molecule has 1 aromatic heterocycles. The van der Waals surface area contributed by atoms with Crippen molar-refractivity contribution in [3.05, 3.63) is 58.8 Å². The number of hydrogen-bond donors (Lipinski definition) is 4. The van der Waals surface area contributed by atoms with E-state index in [-0.39, 0.29) is 30.0 Å². The number of hydrogen-bond acceptors (Lipinski definition) is 6. The number of benzene rings is 1. The second-order valence-corrected chi connectivity index (χ2v) is 16.9. The van der Waals surface area contributed by atoms with Gasteiger partial charge in [0.25, 0.3) is 0 Å².